The average molecular weight is 328 g/mol. The number of carbonyl (C=O) groups excluding carboxylic acids is 1. The summed E-state index contributed by atoms with van der Waals surface area (Å²) in [6, 6.07) is 15.1. The number of carbonyl (C=O) groups is 1. The Bertz CT molecular complexity index is 637. The summed E-state index contributed by atoms with van der Waals surface area (Å²) in [5, 5.41) is 5.97. The molecular weight excluding hydrogens is 304 g/mol. The zero-order valence-electron chi connectivity index (χ0n) is 14.3. The van der Waals surface area contributed by atoms with E-state index in [1.54, 1.807) is 7.11 Å². The van der Waals surface area contributed by atoms with Crippen LogP contribution in [0.4, 0.5) is 5.69 Å². The van der Waals surface area contributed by atoms with Gasteiger partial charge in [-0.05, 0) is 55.8 Å². The molecule has 0 atom stereocenters. The van der Waals surface area contributed by atoms with Crippen LogP contribution in [0.2, 0.25) is 0 Å². The van der Waals surface area contributed by atoms with Crippen molar-refractivity contribution in [3.05, 3.63) is 54.1 Å². The second kappa shape index (κ2) is 8.93. The lowest BCUT2D eigenvalue weighted by Gasteiger charge is -2.11. The molecule has 0 aromatic heterocycles. The monoisotopic (exact) mass is 328 g/mol. The standard InChI is InChI=1S/C19H24N2O3/c1-14(2)24-18-10-6-16(7-11-18)21-19(22)13-20-12-15-4-8-17(23-3)9-5-15/h4-11,14,20H,12-13H2,1-3H3,(H,21,22). The number of anilines is 1. The largest absolute Gasteiger partial charge is 0.497 e. The third-order valence-corrected chi connectivity index (χ3v) is 3.28. The zero-order valence-corrected chi connectivity index (χ0v) is 14.3. The van der Waals surface area contributed by atoms with Crippen molar-refractivity contribution in [1.82, 2.24) is 5.32 Å². The van der Waals surface area contributed by atoms with E-state index in [0.717, 1.165) is 22.7 Å². The molecular formula is C19H24N2O3. The molecule has 0 saturated heterocycles. The van der Waals surface area contributed by atoms with Crippen molar-refractivity contribution in [2.24, 2.45) is 0 Å². The highest BCUT2D eigenvalue weighted by Gasteiger charge is 2.03. The Morgan fingerprint density at radius 3 is 2.21 bits per heavy atom. The van der Waals surface area contributed by atoms with E-state index < -0.39 is 0 Å². The number of benzene rings is 2. The van der Waals surface area contributed by atoms with Gasteiger partial charge in [-0.25, -0.2) is 0 Å². The fraction of sp³-hybridized carbons (Fsp3) is 0.316. The molecule has 0 spiro atoms. The van der Waals surface area contributed by atoms with E-state index in [9.17, 15) is 4.79 Å². The quantitative estimate of drug-likeness (QED) is 0.781. The number of rotatable bonds is 8. The first kappa shape index (κ1) is 17.8. The maximum Gasteiger partial charge on any atom is 0.238 e. The smallest absolute Gasteiger partial charge is 0.238 e. The molecule has 128 valence electrons. The van der Waals surface area contributed by atoms with Crippen LogP contribution in [0.25, 0.3) is 0 Å². The van der Waals surface area contributed by atoms with Gasteiger partial charge >= 0.3 is 0 Å². The SMILES string of the molecule is COc1ccc(CNCC(=O)Nc2ccc(OC(C)C)cc2)cc1. The summed E-state index contributed by atoms with van der Waals surface area (Å²) in [6.07, 6.45) is 0.132. The molecule has 24 heavy (non-hydrogen) atoms. The van der Waals surface area contributed by atoms with Crippen LogP contribution < -0.4 is 20.1 Å². The zero-order chi connectivity index (χ0) is 17.4. The van der Waals surface area contributed by atoms with Crippen LogP contribution in [-0.2, 0) is 11.3 Å². The molecule has 5 heteroatoms. The Labute approximate surface area is 143 Å². The maximum atomic E-state index is 11.9. The van der Waals surface area contributed by atoms with Gasteiger partial charge in [-0.15, -0.1) is 0 Å². The Hall–Kier alpha value is -2.53. The molecule has 0 saturated carbocycles. The van der Waals surface area contributed by atoms with Crippen LogP contribution in [0.3, 0.4) is 0 Å². The molecule has 0 fully saturated rings. The molecule has 5 nitrogen and oxygen atoms in total. The normalized spacial score (nSPS) is 10.5. The molecule has 0 radical (unpaired) electrons. The Morgan fingerprint density at radius 1 is 1.00 bits per heavy atom. The van der Waals surface area contributed by atoms with Crippen LogP contribution in [-0.4, -0.2) is 25.7 Å². The lowest BCUT2D eigenvalue weighted by atomic mass is 10.2. The summed E-state index contributed by atoms with van der Waals surface area (Å²) < 4.78 is 10.7. The lowest BCUT2D eigenvalue weighted by Crippen LogP contribution is -2.27. The molecule has 0 unspecified atom stereocenters. The van der Waals surface area contributed by atoms with Gasteiger partial charge in [0, 0.05) is 12.2 Å². The van der Waals surface area contributed by atoms with E-state index in [-0.39, 0.29) is 18.6 Å². The predicted octanol–water partition coefficient (Wildman–Crippen LogP) is 3.21. The minimum absolute atomic E-state index is 0.0824. The van der Waals surface area contributed by atoms with E-state index >= 15 is 0 Å². The van der Waals surface area contributed by atoms with Gasteiger partial charge in [-0.2, -0.15) is 0 Å². The molecule has 1 amide bonds. The number of hydrogen-bond acceptors (Lipinski definition) is 4. The summed E-state index contributed by atoms with van der Waals surface area (Å²) in [5.41, 5.74) is 1.85. The Kier molecular flexibility index (Phi) is 6.63. The number of methoxy groups -OCH3 is 1. The molecule has 0 bridgehead atoms. The Balaban J connectivity index is 1.74. The molecule has 2 N–H and O–H groups in total. The highest BCUT2D eigenvalue weighted by Crippen LogP contribution is 2.16. The van der Waals surface area contributed by atoms with E-state index in [2.05, 4.69) is 10.6 Å². The van der Waals surface area contributed by atoms with E-state index in [1.165, 1.54) is 0 Å². The summed E-state index contributed by atoms with van der Waals surface area (Å²) in [4.78, 5) is 11.9. The second-order valence-corrected chi connectivity index (χ2v) is 5.69. The first-order valence-electron chi connectivity index (χ1n) is 7.97. The van der Waals surface area contributed by atoms with Crippen LogP contribution in [0.5, 0.6) is 11.5 Å². The molecule has 2 aromatic carbocycles. The minimum Gasteiger partial charge on any atom is -0.497 e. The summed E-state index contributed by atoms with van der Waals surface area (Å²) in [6.45, 7) is 4.82. The Morgan fingerprint density at radius 2 is 1.62 bits per heavy atom. The van der Waals surface area contributed by atoms with Gasteiger partial charge in [0.05, 0.1) is 19.8 Å². The van der Waals surface area contributed by atoms with E-state index in [0.29, 0.717) is 6.54 Å². The van der Waals surface area contributed by atoms with Gasteiger partial charge in [0.25, 0.3) is 0 Å². The third kappa shape index (κ3) is 5.93. The first-order valence-corrected chi connectivity index (χ1v) is 7.97. The maximum absolute atomic E-state index is 11.9. The molecule has 0 aliphatic rings. The minimum atomic E-state index is -0.0824. The fourth-order valence-electron chi connectivity index (χ4n) is 2.16. The summed E-state index contributed by atoms with van der Waals surface area (Å²) in [5.74, 6) is 1.53. The molecule has 2 aromatic rings. The lowest BCUT2D eigenvalue weighted by molar-refractivity contribution is -0.115. The second-order valence-electron chi connectivity index (χ2n) is 5.69. The van der Waals surface area contributed by atoms with Crippen molar-refractivity contribution in [3.63, 3.8) is 0 Å². The van der Waals surface area contributed by atoms with Crippen LogP contribution in [0.1, 0.15) is 19.4 Å². The number of nitrogens with one attached hydrogen (secondary N) is 2. The molecule has 2 rings (SSSR count). The predicted molar refractivity (Wildman–Crippen MR) is 95.5 cm³/mol. The molecule has 0 heterocycles. The number of ether oxygens (including phenoxy) is 2. The van der Waals surface area contributed by atoms with Gasteiger partial charge in [0.2, 0.25) is 5.91 Å². The van der Waals surface area contributed by atoms with Crippen LogP contribution in [0.15, 0.2) is 48.5 Å². The van der Waals surface area contributed by atoms with Gasteiger partial charge in [0.1, 0.15) is 11.5 Å². The van der Waals surface area contributed by atoms with Gasteiger partial charge in [-0.3, -0.25) is 4.79 Å². The highest BCUT2D eigenvalue weighted by molar-refractivity contribution is 5.92. The van der Waals surface area contributed by atoms with E-state index in [1.807, 2.05) is 62.4 Å². The van der Waals surface area contributed by atoms with Crippen molar-refractivity contribution < 1.29 is 14.3 Å². The van der Waals surface area contributed by atoms with Gasteiger partial charge in [-0.1, -0.05) is 12.1 Å². The molecule has 0 aliphatic carbocycles. The van der Waals surface area contributed by atoms with Crippen molar-refractivity contribution in [2.45, 2.75) is 26.5 Å². The summed E-state index contributed by atoms with van der Waals surface area (Å²) >= 11 is 0. The van der Waals surface area contributed by atoms with Crippen LogP contribution in [0, 0.1) is 0 Å². The number of hydrogen-bond donors (Lipinski definition) is 2. The summed E-state index contributed by atoms with van der Waals surface area (Å²) in [7, 11) is 1.64. The van der Waals surface area contributed by atoms with E-state index in [4.69, 9.17) is 9.47 Å². The third-order valence-electron chi connectivity index (χ3n) is 3.28. The number of amides is 1. The van der Waals surface area contributed by atoms with Crippen molar-refractivity contribution >= 4 is 11.6 Å². The van der Waals surface area contributed by atoms with Crippen LogP contribution >= 0.6 is 0 Å². The highest BCUT2D eigenvalue weighted by atomic mass is 16.5. The molecule has 0 aliphatic heterocycles. The topological polar surface area (TPSA) is 59.6 Å². The first-order chi connectivity index (χ1) is 11.6. The van der Waals surface area contributed by atoms with Gasteiger partial charge in [0.15, 0.2) is 0 Å². The van der Waals surface area contributed by atoms with Crippen molar-refractivity contribution in [3.8, 4) is 11.5 Å². The van der Waals surface area contributed by atoms with Gasteiger partial charge < -0.3 is 20.1 Å². The van der Waals surface area contributed by atoms with Crippen molar-refractivity contribution in [2.75, 3.05) is 19.0 Å². The van der Waals surface area contributed by atoms with Crippen molar-refractivity contribution in [1.29, 1.82) is 0 Å². The fourth-order valence-corrected chi connectivity index (χ4v) is 2.16. The average Bonchev–Trinajstić information content (AvgIpc) is 2.57.